The first kappa shape index (κ1) is 20.1. The van der Waals surface area contributed by atoms with Gasteiger partial charge in [-0.3, -0.25) is 14.4 Å². The molecule has 0 aliphatic rings. The molecule has 0 saturated heterocycles. The maximum Gasteiger partial charge on any atom is 0.243 e. The van der Waals surface area contributed by atoms with Crippen LogP contribution in [-0.2, 0) is 20.8 Å². The minimum atomic E-state index is -0.975. The van der Waals surface area contributed by atoms with Crippen LogP contribution in [0, 0.1) is 17.1 Å². The number of carbonyl (C=O) groups is 3. The molecule has 1 rings (SSSR count). The Balaban J connectivity index is 2.82. The van der Waals surface area contributed by atoms with E-state index >= 15 is 0 Å². The third-order valence-electron chi connectivity index (χ3n) is 3.46. The van der Waals surface area contributed by atoms with Gasteiger partial charge in [-0.1, -0.05) is 12.1 Å². The standard InChI is InChI=1S/C17H21FN4O3/c1-11(23)21-15(10-12-5-4-6-13(18)9-12)17(25)22-14(16(20)24)7-2-3-8-19/h4-6,9,14-15H,2-3,7,10H2,1H3,(H2,20,24)(H,21,23)(H,22,25)/t14-,15+/m1/s1. The fourth-order valence-corrected chi connectivity index (χ4v) is 2.30. The Morgan fingerprint density at radius 1 is 1.28 bits per heavy atom. The first-order valence-corrected chi connectivity index (χ1v) is 7.81. The number of rotatable bonds is 9. The number of amides is 3. The third kappa shape index (κ3) is 7.44. The number of nitrogens with two attached hydrogens (primary N) is 1. The van der Waals surface area contributed by atoms with Crippen molar-refractivity contribution >= 4 is 17.7 Å². The monoisotopic (exact) mass is 348 g/mol. The molecule has 134 valence electrons. The number of hydrogen-bond donors (Lipinski definition) is 3. The summed E-state index contributed by atoms with van der Waals surface area (Å²) in [4.78, 5) is 35.2. The lowest BCUT2D eigenvalue weighted by Gasteiger charge is -2.21. The summed E-state index contributed by atoms with van der Waals surface area (Å²) in [5.74, 6) is -2.21. The van der Waals surface area contributed by atoms with Crippen LogP contribution < -0.4 is 16.4 Å². The van der Waals surface area contributed by atoms with Crippen molar-refractivity contribution in [2.45, 2.75) is 44.7 Å². The number of nitriles is 1. The van der Waals surface area contributed by atoms with Crippen molar-refractivity contribution in [3.63, 3.8) is 0 Å². The van der Waals surface area contributed by atoms with Gasteiger partial charge in [-0.15, -0.1) is 0 Å². The first-order chi connectivity index (χ1) is 11.8. The second-order valence-electron chi connectivity index (χ2n) is 5.60. The van der Waals surface area contributed by atoms with Crippen LogP contribution in [0.5, 0.6) is 0 Å². The summed E-state index contributed by atoms with van der Waals surface area (Å²) in [7, 11) is 0. The molecule has 1 aromatic carbocycles. The maximum absolute atomic E-state index is 13.3. The van der Waals surface area contributed by atoms with E-state index in [0.29, 0.717) is 12.0 Å². The lowest BCUT2D eigenvalue weighted by Crippen LogP contribution is -2.53. The van der Waals surface area contributed by atoms with Crippen molar-refractivity contribution in [2.75, 3.05) is 0 Å². The number of nitrogens with zero attached hydrogens (tertiary/aromatic N) is 1. The highest BCUT2D eigenvalue weighted by molar-refractivity contribution is 5.91. The van der Waals surface area contributed by atoms with E-state index in [0.717, 1.165) is 0 Å². The van der Waals surface area contributed by atoms with Crippen molar-refractivity contribution in [1.29, 1.82) is 5.26 Å². The van der Waals surface area contributed by atoms with E-state index in [2.05, 4.69) is 10.6 Å². The summed E-state index contributed by atoms with van der Waals surface area (Å²) in [6, 6.07) is 5.70. The minimum Gasteiger partial charge on any atom is -0.368 e. The molecule has 0 bridgehead atoms. The molecule has 0 aromatic heterocycles. The highest BCUT2D eigenvalue weighted by Crippen LogP contribution is 2.08. The molecular formula is C17H21FN4O3. The Morgan fingerprint density at radius 3 is 2.56 bits per heavy atom. The van der Waals surface area contributed by atoms with Gasteiger partial charge < -0.3 is 16.4 Å². The zero-order valence-corrected chi connectivity index (χ0v) is 13.9. The van der Waals surface area contributed by atoms with Crippen molar-refractivity contribution in [3.8, 4) is 6.07 Å². The molecular weight excluding hydrogens is 327 g/mol. The van der Waals surface area contributed by atoms with Gasteiger partial charge in [0.1, 0.15) is 17.9 Å². The van der Waals surface area contributed by atoms with Gasteiger partial charge in [0.05, 0.1) is 6.07 Å². The number of primary amides is 1. The smallest absolute Gasteiger partial charge is 0.243 e. The highest BCUT2D eigenvalue weighted by Gasteiger charge is 2.25. The lowest BCUT2D eigenvalue weighted by atomic mass is 10.0. The van der Waals surface area contributed by atoms with Gasteiger partial charge >= 0.3 is 0 Å². The maximum atomic E-state index is 13.3. The van der Waals surface area contributed by atoms with Crippen LogP contribution >= 0.6 is 0 Å². The van der Waals surface area contributed by atoms with Gasteiger partial charge in [0.2, 0.25) is 17.7 Å². The second kappa shape index (κ2) is 10.0. The largest absolute Gasteiger partial charge is 0.368 e. The number of nitrogens with one attached hydrogen (secondary N) is 2. The van der Waals surface area contributed by atoms with Gasteiger partial charge in [-0.25, -0.2) is 4.39 Å². The Bertz CT molecular complexity index is 672. The van der Waals surface area contributed by atoms with Gasteiger partial charge in [0.25, 0.3) is 0 Å². The predicted molar refractivity (Wildman–Crippen MR) is 88.3 cm³/mol. The molecule has 2 atom stereocenters. The van der Waals surface area contributed by atoms with E-state index in [4.69, 9.17) is 11.0 Å². The zero-order chi connectivity index (χ0) is 18.8. The number of halogens is 1. The summed E-state index contributed by atoms with van der Waals surface area (Å²) < 4.78 is 13.3. The fourth-order valence-electron chi connectivity index (χ4n) is 2.30. The molecule has 7 nitrogen and oxygen atoms in total. The van der Waals surface area contributed by atoms with Crippen molar-refractivity contribution < 1.29 is 18.8 Å². The summed E-state index contributed by atoms with van der Waals surface area (Å²) in [5.41, 5.74) is 5.79. The second-order valence-corrected chi connectivity index (χ2v) is 5.60. The number of carbonyl (C=O) groups excluding carboxylic acids is 3. The zero-order valence-electron chi connectivity index (χ0n) is 13.9. The highest BCUT2D eigenvalue weighted by atomic mass is 19.1. The van der Waals surface area contributed by atoms with Crippen LogP contribution in [-0.4, -0.2) is 29.8 Å². The Labute approximate surface area is 145 Å². The van der Waals surface area contributed by atoms with E-state index < -0.39 is 35.6 Å². The quantitative estimate of drug-likeness (QED) is 0.563. The molecule has 1 aromatic rings. The van der Waals surface area contributed by atoms with Crippen LogP contribution in [0.1, 0.15) is 31.7 Å². The number of hydrogen-bond acceptors (Lipinski definition) is 4. The summed E-state index contributed by atoms with van der Waals surface area (Å²) in [5, 5.41) is 13.5. The Morgan fingerprint density at radius 2 is 2.00 bits per heavy atom. The van der Waals surface area contributed by atoms with Crippen LogP contribution in [0.2, 0.25) is 0 Å². The van der Waals surface area contributed by atoms with E-state index in [1.807, 2.05) is 6.07 Å². The van der Waals surface area contributed by atoms with Crippen LogP contribution in [0.25, 0.3) is 0 Å². The molecule has 0 heterocycles. The molecule has 0 saturated carbocycles. The predicted octanol–water partition coefficient (Wildman–Crippen LogP) is 0.537. The SMILES string of the molecule is CC(=O)N[C@@H](Cc1cccc(F)c1)C(=O)N[C@H](CCCC#N)C(N)=O. The summed E-state index contributed by atoms with van der Waals surface area (Å²) in [6.45, 7) is 1.25. The van der Waals surface area contributed by atoms with Gasteiger partial charge in [0.15, 0.2) is 0 Å². The van der Waals surface area contributed by atoms with E-state index in [9.17, 15) is 18.8 Å². The van der Waals surface area contributed by atoms with Crippen molar-refractivity contribution in [1.82, 2.24) is 10.6 Å². The molecule has 0 aliphatic carbocycles. The lowest BCUT2D eigenvalue weighted by molar-refractivity contribution is -0.130. The molecule has 0 aliphatic heterocycles. The molecule has 0 fully saturated rings. The first-order valence-electron chi connectivity index (χ1n) is 7.81. The normalized spacial score (nSPS) is 12.5. The average Bonchev–Trinajstić information content (AvgIpc) is 2.52. The molecule has 8 heteroatoms. The molecule has 3 amide bonds. The average molecular weight is 348 g/mol. The van der Waals surface area contributed by atoms with Gasteiger partial charge in [-0.05, 0) is 30.5 Å². The molecule has 0 unspecified atom stereocenters. The topological polar surface area (TPSA) is 125 Å². The van der Waals surface area contributed by atoms with Crippen molar-refractivity contribution in [3.05, 3.63) is 35.6 Å². The molecule has 25 heavy (non-hydrogen) atoms. The fraction of sp³-hybridized carbons (Fsp3) is 0.412. The van der Waals surface area contributed by atoms with Crippen molar-refractivity contribution in [2.24, 2.45) is 5.73 Å². The van der Waals surface area contributed by atoms with Crippen LogP contribution in [0.3, 0.4) is 0 Å². The summed E-state index contributed by atoms with van der Waals surface area (Å²) in [6.07, 6.45) is 0.922. The Kier molecular flexibility index (Phi) is 8.06. The van der Waals surface area contributed by atoms with Crippen LogP contribution in [0.15, 0.2) is 24.3 Å². The Hall–Kier alpha value is -2.95. The molecule has 0 spiro atoms. The number of benzene rings is 1. The molecule has 4 N–H and O–H groups in total. The van der Waals surface area contributed by atoms with Crippen LogP contribution in [0.4, 0.5) is 4.39 Å². The van der Waals surface area contributed by atoms with E-state index in [-0.39, 0.29) is 19.3 Å². The van der Waals surface area contributed by atoms with Gasteiger partial charge in [0, 0.05) is 19.8 Å². The van der Waals surface area contributed by atoms with Gasteiger partial charge in [-0.2, -0.15) is 5.26 Å². The third-order valence-corrected chi connectivity index (χ3v) is 3.46. The number of unbranched alkanes of at least 4 members (excludes halogenated alkanes) is 1. The van der Waals surface area contributed by atoms with E-state index in [1.54, 1.807) is 6.07 Å². The summed E-state index contributed by atoms with van der Waals surface area (Å²) >= 11 is 0. The minimum absolute atomic E-state index is 0.0624. The van der Waals surface area contributed by atoms with E-state index in [1.165, 1.54) is 25.1 Å². The molecule has 0 radical (unpaired) electrons.